The number of hydrogen-bond donors (Lipinski definition) is 5. The predicted molar refractivity (Wildman–Crippen MR) is 88.6 cm³/mol. The molecule has 0 saturated heterocycles. The number of primary amides is 1. The molecule has 24 heavy (non-hydrogen) atoms. The highest BCUT2D eigenvalue weighted by atomic mass is 16.4. The zero-order valence-electron chi connectivity index (χ0n) is 13.5. The van der Waals surface area contributed by atoms with E-state index < -0.39 is 30.9 Å². The van der Waals surface area contributed by atoms with Crippen LogP contribution in [0.25, 0.3) is 0 Å². The molecule has 6 N–H and O–H groups in total. The molecule has 1 unspecified atom stereocenters. The SMILES string of the molecule is Cc1ccc(CC(NC(=O)CCCC(=O)NC(N)=O)B(O)O)cc1. The van der Waals surface area contributed by atoms with Crippen LogP contribution in [0.1, 0.15) is 30.4 Å². The Balaban J connectivity index is 2.44. The summed E-state index contributed by atoms with van der Waals surface area (Å²) in [6.45, 7) is 1.94. The van der Waals surface area contributed by atoms with Crippen LogP contribution in [0, 0.1) is 6.92 Å². The zero-order chi connectivity index (χ0) is 18.1. The molecular weight excluding hydrogens is 313 g/mol. The van der Waals surface area contributed by atoms with Gasteiger partial charge in [0.25, 0.3) is 0 Å². The summed E-state index contributed by atoms with van der Waals surface area (Å²) < 4.78 is 0. The molecule has 0 aliphatic rings. The van der Waals surface area contributed by atoms with Gasteiger partial charge in [-0.05, 0) is 25.3 Å². The Morgan fingerprint density at radius 2 is 1.71 bits per heavy atom. The van der Waals surface area contributed by atoms with E-state index in [2.05, 4.69) is 5.32 Å². The van der Waals surface area contributed by atoms with E-state index in [1.54, 1.807) is 0 Å². The standard InChI is InChI=1S/C15H22BN3O5/c1-10-5-7-11(8-6-10)9-12(16(23)24)18-13(20)3-2-4-14(21)19-15(17)22/h5-8,12,23-24H,2-4,9H2,1H3,(H,18,20)(H3,17,19,21,22). The number of hydrogen-bond acceptors (Lipinski definition) is 5. The van der Waals surface area contributed by atoms with Crippen molar-refractivity contribution in [2.75, 3.05) is 0 Å². The Morgan fingerprint density at radius 1 is 1.12 bits per heavy atom. The Morgan fingerprint density at radius 3 is 2.25 bits per heavy atom. The Labute approximate surface area is 140 Å². The number of nitrogens with two attached hydrogens (primary N) is 1. The molecule has 130 valence electrons. The smallest absolute Gasteiger partial charge is 0.426 e. The van der Waals surface area contributed by atoms with Gasteiger partial charge in [0.15, 0.2) is 0 Å². The first-order valence-corrected chi connectivity index (χ1v) is 7.58. The minimum absolute atomic E-state index is 0.0172. The molecule has 8 nitrogen and oxygen atoms in total. The molecule has 4 amide bonds. The fourth-order valence-corrected chi connectivity index (χ4v) is 2.10. The lowest BCUT2D eigenvalue weighted by Gasteiger charge is -2.18. The van der Waals surface area contributed by atoms with Crippen LogP contribution in [0.3, 0.4) is 0 Å². The molecule has 0 bridgehead atoms. The van der Waals surface area contributed by atoms with Crippen LogP contribution in [0.4, 0.5) is 4.79 Å². The van der Waals surface area contributed by atoms with E-state index in [-0.39, 0.29) is 25.7 Å². The van der Waals surface area contributed by atoms with Gasteiger partial charge in [-0.3, -0.25) is 14.9 Å². The van der Waals surface area contributed by atoms with Gasteiger partial charge in [0.1, 0.15) is 0 Å². The third kappa shape index (κ3) is 7.75. The topological polar surface area (TPSA) is 142 Å². The summed E-state index contributed by atoms with van der Waals surface area (Å²) in [6.07, 6.45) is 0.472. The summed E-state index contributed by atoms with van der Waals surface area (Å²) in [7, 11) is -1.70. The molecule has 0 saturated carbocycles. The monoisotopic (exact) mass is 335 g/mol. The number of rotatable bonds is 8. The Bertz CT molecular complexity index is 577. The zero-order valence-corrected chi connectivity index (χ0v) is 13.5. The number of carbonyl (C=O) groups excluding carboxylic acids is 3. The molecule has 1 rings (SSSR count). The van der Waals surface area contributed by atoms with E-state index in [0.717, 1.165) is 11.1 Å². The van der Waals surface area contributed by atoms with Crippen LogP contribution in [-0.4, -0.2) is 41.0 Å². The second kappa shape index (κ2) is 9.69. The van der Waals surface area contributed by atoms with Crippen molar-refractivity contribution in [3.8, 4) is 0 Å². The van der Waals surface area contributed by atoms with E-state index in [1.165, 1.54) is 0 Å². The van der Waals surface area contributed by atoms with Crippen molar-refractivity contribution >= 4 is 25.0 Å². The van der Waals surface area contributed by atoms with Crippen molar-refractivity contribution in [1.29, 1.82) is 0 Å². The third-order valence-electron chi connectivity index (χ3n) is 3.35. The third-order valence-corrected chi connectivity index (χ3v) is 3.35. The molecule has 1 aromatic carbocycles. The van der Waals surface area contributed by atoms with E-state index in [9.17, 15) is 24.4 Å². The highest BCUT2D eigenvalue weighted by Gasteiger charge is 2.25. The predicted octanol–water partition coefficient (Wildman–Crippen LogP) is -0.600. The van der Waals surface area contributed by atoms with Crippen LogP contribution in [0.5, 0.6) is 0 Å². The minimum Gasteiger partial charge on any atom is -0.426 e. The normalized spacial score (nSPS) is 11.5. The molecule has 1 atom stereocenters. The van der Waals surface area contributed by atoms with Gasteiger partial charge < -0.3 is 21.1 Å². The van der Waals surface area contributed by atoms with Crippen molar-refractivity contribution in [3.63, 3.8) is 0 Å². The molecule has 0 aliphatic carbocycles. The van der Waals surface area contributed by atoms with Gasteiger partial charge in [-0.1, -0.05) is 29.8 Å². The Kier molecular flexibility index (Phi) is 7.94. The average molecular weight is 335 g/mol. The van der Waals surface area contributed by atoms with Crippen LogP contribution in [0.15, 0.2) is 24.3 Å². The first-order valence-electron chi connectivity index (χ1n) is 7.58. The summed E-state index contributed by atoms with van der Waals surface area (Å²) in [5.41, 5.74) is 6.74. The number of benzene rings is 1. The molecule has 1 aromatic rings. The molecule has 0 heterocycles. The number of imide groups is 1. The van der Waals surface area contributed by atoms with Gasteiger partial charge in [0.05, 0.1) is 5.94 Å². The average Bonchev–Trinajstić information content (AvgIpc) is 2.47. The van der Waals surface area contributed by atoms with Gasteiger partial charge in [0, 0.05) is 12.8 Å². The van der Waals surface area contributed by atoms with Crippen molar-refractivity contribution in [1.82, 2.24) is 10.6 Å². The molecular formula is C15H22BN3O5. The fraction of sp³-hybridized carbons (Fsp3) is 0.400. The summed E-state index contributed by atoms with van der Waals surface area (Å²) >= 11 is 0. The second-order valence-electron chi connectivity index (χ2n) is 5.54. The molecule has 0 aromatic heterocycles. The van der Waals surface area contributed by atoms with E-state index in [1.807, 2.05) is 36.5 Å². The minimum atomic E-state index is -1.70. The lowest BCUT2D eigenvalue weighted by atomic mass is 9.76. The van der Waals surface area contributed by atoms with E-state index >= 15 is 0 Å². The molecule has 0 aliphatic heterocycles. The number of nitrogens with one attached hydrogen (secondary N) is 2. The largest absolute Gasteiger partial charge is 0.475 e. The second-order valence-corrected chi connectivity index (χ2v) is 5.54. The maximum absolute atomic E-state index is 11.8. The molecule has 0 spiro atoms. The van der Waals surface area contributed by atoms with Crippen molar-refractivity contribution in [2.45, 2.75) is 38.5 Å². The summed E-state index contributed by atoms with van der Waals surface area (Å²) in [6, 6.07) is 6.56. The maximum atomic E-state index is 11.8. The van der Waals surface area contributed by atoms with Gasteiger partial charge in [0.2, 0.25) is 11.8 Å². The van der Waals surface area contributed by atoms with Crippen LogP contribution < -0.4 is 16.4 Å². The lowest BCUT2D eigenvalue weighted by Crippen LogP contribution is -2.47. The molecule has 0 fully saturated rings. The first-order chi connectivity index (χ1) is 11.3. The number of carbonyl (C=O) groups is 3. The highest BCUT2D eigenvalue weighted by Crippen LogP contribution is 2.07. The van der Waals surface area contributed by atoms with Crippen molar-refractivity contribution in [3.05, 3.63) is 35.4 Å². The van der Waals surface area contributed by atoms with Crippen LogP contribution >= 0.6 is 0 Å². The van der Waals surface area contributed by atoms with Crippen molar-refractivity contribution < 1.29 is 24.4 Å². The summed E-state index contributed by atoms with van der Waals surface area (Å²) in [5.74, 6) is -1.82. The molecule has 9 heteroatoms. The quantitative estimate of drug-likeness (QED) is 0.403. The van der Waals surface area contributed by atoms with Gasteiger partial charge >= 0.3 is 13.1 Å². The summed E-state index contributed by atoms with van der Waals surface area (Å²) in [4.78, 5) is 33.5. The highest BCUT2D eigenvalue weighted by molar-refractivity contribution is 6.43. The van der Waals surface area contributed by atoms with Crippen molar-refractivity contribution in [2.24, 2.45) is 5.73 Å². The van der Waals surface area contributed by atoms with Gasteiger partial charge in [-0.2, -0.15) is 0 Å². The fourth-order valence-electron chi connectivity index (χ4n) is 2.10. The molecule has 0 radical (unpaired) electrons. The van der Waals surface area contributed by atoms with E-state index in [4.69, 9.17) is 5.73 Å². The summed E-state index contributed by atoms with van der Waals surface area (Å²) in [5, 5.41) is 23.3. The lowest BCUT2D eigenvalue weighted by molar-refractivity contribution is -0.122. The van der Waals surface area contributed by atoms with Crippen LogP contribution in [0.2, 0.25) is 0 Å². The van der Waals surface area contributed by atoms with E-state index in [0.29, 0.717) is 0 Å². The number of urea groups is 1. The van der Waals surface area contributed by atoms with Gasteiger partial charge in [-0.15, -0.1) is 0 Å². The van der Waals surface area contributed by atoms with Gasteiger partial charge in [-0.25, -0.2) is 4.79 Å². The number of aryl methyl sites for hydroxylation is 1. The number of amides is 4. The Hall–Kier alpha value is -2.39. The van der Waals surface area contributed by atoms with Crippen LogP contribution in [-0.2, 0) is 16.0 Å². The first kappa shape index (κ1) is 19.7. The maximum Gasteiger partial charge on any atom is 0.475 e.